The maximum absolute atomic E-state index is 12.1. The van der Waals surface area contributed by atoms with Crippen LogP contribution in [0.15, 0.2) is 0 Å². The SMILES string of the molecule is CCc1c(C(=O)OC)sc(N)c1C(=O)OC(C)(C)C. The van der Waals surface area contributed by atoms with Crippen LogP contribution in [0.2, 0.25) is 0 Å². The average molecular weight is 285 g/mol. The molecule has 0 radical (unpaired) electrons. The lowest BCUT2D eigenvalue weighted by Crippen LogP contribution is -2.24. The van der Waals surface area contributed by atoms with Crippen molar-refractivity contribution in [2.24, 2.45) is 0 Å². The van der Waals surface area contributed by atoms with Gasteiger partial charge in [0.25, 0.3) is 0 Å². The first-order valence-corrected chi connectivity index (χ1v) is 6.75. The molecule has 0 amide bonds. The van der Waals surface area contributed by atoms with Crippen LogP contribution in [-0.2, 0) is 15.9 Å². The lowest BCUT2D eigenvalue weighted by Gasteiger charge is -2.19. The molecule has 5 nitrogen and oxygen atoms in total. The van der Waals surface area contributed by atoms with Crippen molar-refractivity contribution in [1.29, 1.82) is 0 Å². The number of carbonyl (C=O) groups excluding carboxylic acids is 2. The highest BCUT2D eigenvalue weighted by Crippen LogP contribution is 2.33. The maximum atomic E-state index is 12.1. The van der Waals surface area contributed by atoms with Crippen LogP contribution in [0.25, 0.3) is 0 Å². The first-order valence-electron chi connectivity index (χ1n) is 5.94. The molecule has 0 spiro atoms. The van der Waals surface area contributed by atoms with Crippen molar-refractivity contribution in [2.45, 2.75) is 39.7 Å². The third-order valence-corrected chi connectivity index (χ3v) is 3.40. The fourth-order valence-corrected chi connectivity index (χ4v) is 2.70. The molecule has 0 bridgehead atoms. The Balaban J connectivity index is 3.24. The number of nitrogens with two attached hydrogens (primary N) is 1. The topological polar surface area (TPSA) is 78.6 Å². The number of ether oxygens (including phenoxy) is 2. The van der Waals surface area contributed by atoms with Gasteiger partial charge >= 0.3 is 11.9 Å². The largest absolute Gasteiger partial charge is 0.465 e. The van der Waals surface area contributed by atoms with Crippen molar-refractivity contribution in [2.75, 3.05) is 12.8 Å². The van der Waals surface area contributed by atoms with E-state index in [1.165, 1.54) is 7.11 Å². The van der Waals surface area contributed by atoms with Crippen LogP contribution in [0.3, 0.4) is 0 Å². The molecule has 0 aliphatic heterocycles. The Labute approximate surface area is 116 Å². The average Bonchev–Trinajstić information content (AvgIpc) is 2.62. The normalized spacial score (nSPS) is 11.2. The molecule has 0 saturated heterocycles. The molecule has 0 atom stereocenters. The Morgan fingerprint density at radius 1 is 1.26 bits per heavy atom. The van der Waals surface area contributed by atoms with Gasteiger partial charge in [0.05, 0.1) is 12.7 Å². The van der Waals surface area contributed by atoms with E-state index in [-0.39, 0.29) is 10.6 Å². The zero-order valence-corrected chi connectivity index (χ0v) is 12.6. The third-order valence-electron chi connectivity index (χ3n) is 2.36. The zero-order chi connectivity index (χ0) is 14.8. The lowest BCUT2D eigenvalue weighted by molar-refractivity contribution is 0.00702. The summed E-state index contributed by atoms with van der Waals surface area (Å²) in [4.78, 5) is 24.1. The summed E-state index contributed by atoms with van der Waals surface area (Å²) in [6.45, 7) is 7.18. The number of rotatable bonds is 3. The van der Waals surface area contributed by atoms with Gasteiger partial charge in [0, 0.05) is 0 Å². The summed E-state index contributed by atoms with van der Waals surface area (Å²) in [5.41, 5.74) is 6.10. The molecule has 106 valence electrons. The number of esters is 2. The van der Waals surface area contributed by atoms with E-state index in [2.05, 4.69) is 0 Å². The van der Waals surface area contributed by atoms with Crippen molar-refractivity contribution < 1.29 is 19.1 Å². The Kier molecular flexibility index (Phi) is 4.57. The summed E-state index contributed by atoms with van der Waals surface area (Å²) in [5.74, 6) is -0.989. The summed E-state index contributed by atoms with van der Waals surface area (Å²) >= 11 is 1.05. The van der Waals surface area contributed by atoms with E-state index in [0.717, 1.165) is 11.3 Å². The van der Waals surface area contributed by atoms with E-state index in [1.54, 1.807) is 20.8 Å². The predicted molar refractivity (Wildman–Crippen MR) is 74.6 cm³/mol. The Hall–Kier alpha value is -1.56. The first-order chi connectivity index (χ1) is 8.71. The molecule has 6 heteroatoms. The Morgan fingerprint density at radius 2 is 1.84 bits per heavy atom. The number of hydrogen-bond donors (Lipinski definition) is 1. The monoisotopic (exact) mass is 285 g/mol. The van der Waals surface area contributed by atoms with E-state index in [1.807, 2.05) is 6.92 Å². The van der Waals surface area contributed by atoms with Gasteiger partial charge in [0.1, 0.15) is 15.5 Å². The number of anilines is 1. The van der Waals surface area contributed by atoms with Crippen LogP contribution in [0.5, 0.6) is 0 Å². The molecule has 0 fully saturated rings. The number of hydrogen-bond acceptors (Lipinski definition) is 6. The molecule has 0 aliphatic carbocycles. The Morgan fingerprint density at radius 3 is 2.26 bits per heavy atom. The fraction of sp³-hybridized carbons (Fsp3) is 0.538. The van der Waals surface area contributed by atoms with Crippen molar-refractivity contribution in [3.8, 4) is 0 Å². The summed E-state index contributed by atoms with van der Waals surface area (Å²) in [5, 5.41) is 0.284. The quantitative estimate of drug-likeness (QED) is 0.864. The molecule has 0 aromatic carbocycles. The molecule has 1 aromatic rings. The molecule has 0 unspecified atom stereocenters. The molecular weight excluding hydrogens is 266 g/mol. The van der Waals surface area contributed by atoms with Crippen LogP contribution in [0, 0.1) is 0 Å². The van der Waals surface area contributed by atoms with Crippen LogP contribution >= 0.6 is 11.3 Å². The molecule has 0 saturated carbocycles. The van der Waals surface area contributed by atoms with Crippen molar-refractivity contribution in [3.05, 3.63) is 16.0 Å². The number of carbonyl (C=O) groups is 2. The number of methoxy groups -OCH3 is 1. The van der Waals surface area contributed by atoms with Gasteiger partial charge in [-0.3, -0.25) is 0 Å². The standard InChI is InChI=1S/C13H19NO4S/c1-6-7-8(11(15)18-13(2,3)4)10(14)19-9(7)12(16)17-5/h6,14H2,1-5H3. The van der Waals surface area contributed by atoms with E-state index < -0.39 is 17.5 Å². The summed E-state index contributed by atoms with van der Waals surface area (Å²) in [6.07, 6.45) is 0.507. The van der Waals surface area contributed by atoms with Crippen LogP contribution < -0.4 is 5.73 Å². The Bertz CT molecular complexity index is 499. The van der Waals surface area contributed by atoms with Crippen LogP contribution in [0.1, 0.15) is 53.3 Å². The third kappa shape index (κ3) is 3.47. The highest BCUT2D eigenvalue weighted by atomic mass is 32.1. The first kappa shape index (κ1) is 15.5. The minimum Gasteiger partial charge on any atom is -0.465 e. The maximum Gasteiger partial charge on any atom is 0.348 e. The van der Waals surface area contributed by atoms with E-state index >= 15 is 0 Å². The van der Waals surface area contributed by atoms with Crippen LogP contribution in [0.4, 0.5) is 5.00 Å². The summed E-state index contributed by atoms with van der Waals surface area (Å²) in [6, 6.07) is 0. The fourth-order valence-electron chi connectivity index (χ4n) is 1.63. The molecule has 19 heavy (non-hydrogen) atoms. The highest BCUT2D eigenvalue weighted by Gasteiger charge is 2.28. The van der Waals surface area contributed by atoms with Crippen molar-refractivity contribution in [1.82, 2.24) is 0 Å². The van der Waals surface area contributed by atoms with Gasteiger partial charge in [-0.1, -0.05) is 6.92 Å². The van der Waals surface area contributed by atoms with Gasteiger partial charge in [-0.05, 0) is 32.8 Å². The summed E-state index contributed by atoms with van der Waals surface area (Å²) < 4.78 is 10.0. The van der Waals surface area contributed by atoms with Gasteiger partial charge in [0.2, 0.25) is 0 Å². The predicted octanol–water partition coefficient (Wildman–Crippen LogP) is 2.63. The second-order valence-corrected chi connectivity index (χ2v) is 6.05. The highest BCUT2D eigenvalue weighted by molar-refractivity contribution is 7.18. The molecule has 1 aromatic heterocycles. The summed E-state index contributed by atoms with van der Waals surface area (Å²) in [7, 11) is 1.30. The molecule has 1 rings (SSSR count). The van der Waals surface area contributed by atoms with E-state index in [0.29, 0.717) is 16.9 Å². The second kappa shape index (κ2) is 5.61. The van der Waals surface area contributed by atoms with E-state index in [9.17, 15) is 9.59 Å². The second-order valence-electron chi connectivity index (χ2n) is 5.00. The van der Waals surface area contributed by atoms with Gasteiger partial charge < -0.3 is 15.2 Å². The molecule has 0 aliphatic rings. The minimum absolute atomic E-state index is 0.280. The minimum atomic E-state index is -0.609. The van der Waals surface area contributed by atoms with Crippen molar-refractivity contribution in [3.63, 3.8) is 0 Å². The lowest BCUT2D eigenvalue weighted by atomic mass is 10.1. The van der Waals surface area contributed by atoms with Gasteiger partial charge in [-0.2, -0.15) is 0 Å². The molecule has 2 N–H and O–H groups in total. The smallest absolute Gasteiger partial charge is 0.348 e. The molecular formula is C13H19NO4S. The molecule has 1 heterocycles. The van der Waals surface area contributed by atoms with Gasteiger partial charge in [-0.15, -0.1) is 11.3 Å². The number of thiophene rings is 1. The van der Waals surface area contributed by atoms with E-state index in [4.69, 9.17) is 15.2 Å². The number of nitrogen functional groups attached to an aromatic ring is 1. The van der Waals surface area contributed by atoms with Gasteiger partial charge in [-0.25, -0.2) is 9.59 Å². The van der Waals surface area contributed by atoms with Crippen LogP contribution in [-0.4, -0.2) is 24.6 Å². The van der Waals surface area contributed by atoms with Gasteiger partial charge in [0.15, 0.2) is 0 Å². The zero-order valence-electron chi connectivity index (χ0n) is 11.8. The van der Waals surface area contributed by atoms with Crippen molar-refractivity contribution >= 4 is 28.3 Å².